The number of rotatable bonds is 3. The number of aromatic nitrogens is 2. The van der Waals surface area contributed by atoms with Gasteiger partial charge in [0.25, 0.3) is 0 Å². The van der Waals surface area contributed by atoms with Crippen molar-refractivity contribution in [2.45, 2.75) is 0 Å². The molecule has 0 saturated heterocycles. The molecule has 3 nitrogen and oxygen atoms in total. The lowest BCUT2D eigenvalue weighted by Crippen LogP contribution is -1.99. The van der Waals surface area contributed by atoms with Crippen molar-refractivity contribution >= 4 is 45.0 Å². The van der Waals surface area contributed by atoms with Gasteiger partial charge >= 0.3 is 0 Å². The molecule has 0 amide bonds. The normalized spacial score (nSPS) is 10.7. The molecule has 24 heavy (non-hydrogen) atoms. The lowest BCUT2D eigenvalue weighted by atomic mass is 10.2. The van der Waals surface area contributed by atoms with Gasteiger partial charge in [-0.3, -0.25) is 0 Å². The summed E-state index contributed by atoms with van der Waals surface area (Å²) in [4.78, 5) is 9.50. The molecule has 4 aromatic rings. The number of nitrogens with one attached hydrogen (secondary N) is 1. The first-order valence-electron chi connectivity index (χ1n) is 7.64. The number of anilines is 2. The molecule has 0 aliphatic heterocycles. The molecule has 0 saturated carbocycles. The Labute approximate surface area is 153 Å². The van der Waals surface area contributed by atoms with Gasteiger partial charge in [0.1, 0.15) is 5.82 Å². The molecule has 116 valence electrons. The summed E-state index contributed by atoms with van der Waals surface area (Å²) in [6.07, 6.45) is 0. The molecule has 1 heterocycles. The molecule has 0 aliphatic carbocycles. The third-order valence-electron chi connectivity index (χ3n) is 3.74. The molecule has 3 aromatic carbocycles. The number of halogens is 1. The van der Waals surface area contributed by atoms with Crippen molar-refractivity contribution in [1.82, 2.24) is 9.97 Å². The third kappa shape index (κ3) is 3.10. The van der Waals surface area contributed by atoms with Crippen LogP contribution in [0.2, 0.25) is 0 Å². The van der Waals surface area contributed by atoms with Crippen molar-refractivity contribution in [1.29, 1.82) is 0 Å². The van der Waals surface area contributed by atoms with Gasteiger partial charge in [-0.05, 0) is 59.0 Å². The van der Waals surface area contributed by atoms with Gasteiger partial charge in [-0.25, -0.2) is 9.97 Å². The summed E-state index contributed by atoms with van der Waals surface area (Å²) in [5.74, 6) is 1.55. The first-order chi connectivity index (χ1) is 11.8. The Bertz CT molecular complexity index is 983. The van der Waals surface area contributed by atoms with Gasteiger partial charge < -0.3 is 5.32 Å². The number of hydrogen-bond donors (Lipinski definition) is 1. The molecule has 4 rings (SSSR count). The van der Waals surface area contributed by atoms with Gasteiger partial charge in [-0.15, -0.1) is 0 Å². The Morgan fingerprint density at radius 2 is 1.42 bits per heavy atom. The Hall–Kier alpha value is -2.47. The van der Waals surface area contributed by atoms with Crippen molar-refractivity contribution in [3.8, 4) is 11.4 Å². The average Bonchev–Trinajstić information content (AvgIpc) is 2.63. The van der Waals surface area contributed by atoms with Gasteiger partial charge in [0.2, 0.25) is 0 Å². The molecule has 0 unspecified atom stereocenters. The highest BCUT2D eigenvalue weighted by Gasteiger charge is 2.09. The average molecular weight is 423 g/mol. The second-order valence-electron chi connectivity index (χ2n) is 5.41. The van der Waals surface area contributed by atoms with Crippen LogP contribution >= 0.6 is 22.6 Å². The highest BCUT2D eigenvalue weighted by atomic mass is 127. The summed E-state index contributed by atoms with van der Waals surface area (Å²) >= 11 is 2.30. The SMILES string of the molecule is Ic1ccc(-c2nc(Nc3ccccc3)c3ccccc3n2)cc1. The van der Waals surface area contributed by atoms with E-state index in [0.29, 0.717) is 0 Å². The van der Waals surface area contributed by atoms with Crippen molar-refractivity contribution in [3.63, 3.8) is 0 Å². The van der Waals surface area contributed by atoms with Crippen LogP contribution in [0.1, 0.15) is 0 Å². The molecule has 4 heteroatoms. The highest BCUT2D eigenvalue weighted by Crippen LogP contribution is 2.27. The molecule has 0 fully saturated rings. The molecular formula is C20H14IN3. The summed E-state index contributed by atoms with van der Waals surface area (Å²) in [5, 5.41) is 4.43. The maximum Gasteiger partial charge on any atom is 0.162 e. The van der Waals surface area contributed by atoms with E-state index in [-0.39, 0.29) is 0 Å². The maximum atomic E-state index is 4.77. The van der Waals surface area contributed by atoms with Crippen LogP contribution in [0, 0.1) is 3.57 Å². The van der Waals surface area contributed by atoms with Crippen LogP contribution in [0.3, 0.4) is 0 Å². The van der Waals surface area contributed by atoms with Crippen LogP contribution in [0.5, 0.6) is 0 Å². The van der Waals surface area contributed by atoms with Crippen LogP contribution < -0.4 is 5.32 Å². The molecule has 0 atom stereocenters. The van der Waals surface area contributed by atoms with Gasteiger partial charge in [-0.1, -0.05) is 42.5 Å². The van der Waals surface area contributed by atoms with Gasteiger partial charge in [-0.2, -0.15) is 0 Å². The fourth-order valence-corrected chi connectivity index (χ4v) is 2.92. The van der Waals surface area contributed by atoms with Crippen LogP contribution in [0.4, 0.5) is 11.5 Å². The third-order valence-corrected chi connectivity index (χ3v) is 4.46. The number of fused-ring (bicyclic) bond motifs is 1. The Balaban J connectivity index is 1.86. The minimum absolute atomic E-state index is 0.725. The molecule has 0 spiro atoms. The molecule has 0 aliphatic rings. The van der Waals surface area contributed by atoms with Crippen molar-refractivity contribution in [2.24, 2.45) is 0 Å². The van der Waals surface area contributed by atoms with E-state index in [9.17, 15) is 0 Å². The standard InChI is InChI=1S/C20H14IN3/c21-15-12-10-14(11-13-15)19-23-18-9-5-4-8-17(18)20(24-19)22-16-6-2-1-3-7-16/h1-13H,(H,22,23,24). The smallest absolute Gasteiger partial charge is 0.162 e. The summed E-state index contributed by atoms with van der Waals surface area (Å²) < 4.78 is 1.19. The largest absolute Gasteiger partial charge is 0.340 e. The quantitative estimate of drug-likeness (QED) is 0.433. The van der Waals surface area contributed by atoms with Crippen LogP contribution in [-0.2, 0) is 0 Å². The van der Waals surface area contributed by atoms with E-state index in [1.807, 2.05) is 54.6 Å². The maximum absolute atomic E-state index is 4.77. The number of para-hydroxylation sites is 2. The van der Waals surface area contributed by atoms with E-state index >= 15 is 0 Å². The van der Waals surface area contributed by atoms with Crippen molar-refractivity contribution in [3.05, 3.63) is 82.4 Å². The lowest BCUT2D eigenvalue weighted by Gasteiger charge is -2.11. The number of nitrogens with zero attached hydrogens (tertiary/aromatic N) is 2. The number of benzene rings is 3. The van der Waals surface area contributed by atoms with E-state index < -0.39 is 0 Å². The molecule has 1 aromatic heterocycles. The Kier molecular flexibility index (Phi) is 4.13. The van der Waals surface area contributed by atoms with E-state index in [4.69, 9.17) is 9.97 Å². The van der Waals surface area contributed by atoms with Crippen molar-refractivity contribution < 1.29 is 0 Å². The Morgan fingerprint density at radius 3 is 2.21 bits per heavy atom. The predicted molar refractivity (Wildman–Crippen MR) is 107 cm³/mol. The minimum Gasteiger partial charge on any atom is -0.340 e. The topological polar surface area (TPSA) is 37.8 Å². The van der Waals surface area contributed by atoms with Crippen LogP contribution in [0.25, 0.3) is 22.3 Å². The molecule has 1 N–H and O–H groups in total. The second-order valence-corrected chi connectivity index (χ2v) is 6.66. The predicted octanol–water partition coefficient (Wildman–Crippen LogP) is 5.65. The zero-order chi connectivity index (χ0) is 16.4. The molecule has 0 radical (unpaired) electrons. The first kappa shape index (κ1) is 15.1. The fourth-order valence-electron chi connectivity index (χ4n) is 2.56. The zero-order valence-corrected chi connectivity index (χ0v) is 14.9. The second kappa shape index (κ2) is 6.57. The van der Waals surface area contributed by atoms with Crippen molar-refractivity contribution in [2.75, 3.05) is 5.32 Å². The summed E-state index contributed by atoms with van der Waals surface area (Å²) in [5.41, 5.74) is 2.95. The van der Waals surface area contributed by atoms with E-state index in [1.165, 1.54) is 3.57 Å². The molecular weight excluding hydrogens is 409 g/mol. The van der Waals surface area contributed by atoms with E-state index in [0.717, 1.165) is 33.8 Å². The van der Waals surface area contributed by atoms with E-state index in [2.05, 4.69) is 52.2 Å². The monoisotopic (exact) mass is 423 g/mol. The van der Waals surface area contributed by atoms with E-state index in [1.54, 1.807) is 0 Å². The van der Waals surface area contributed by atoms with Gasteiger partial charge in [0.05, 0.1) is 5.52 Å². The summed E-state index contributed by atoms with van der Waals surface area (Å²) in [7, 11) is 0. The minimum atomic E-state index is 0.725. The lowest BCUT2D eigenvalue weighted by molar-refractivity contribution is 1.22. The number of hydrogen-bond acceptors (Lipinski definition) is 3. The highest BCUT2D eigenvalue weighted by molar-refractivity contribution is 14.1. The van der Waals surface area contributed by atoms with Gasteiger partial charge in [0, 0.05) is 20.2 Å². The fraction of sp³-hybridized carbons (Fsp3) is 0. The Morgan fingerprint density at radius 1 is 0.708 bits per heavy atom. The van der Waals surface area contributed by atoms with Crippen LogP contribution in [-0.4, -0.2) is 9.97 Å². The molecule has 0 bridgehead atoms. The summed E-state index contributed by atoms with van der Waals surface area (Å²) in [6, 6.07) is 26.4. The summed E-state index contributed by atoms with van der Waals surface area (Å²) in [6.45, 7) is 0. The first-order valence-corrected chi connectivity index (χ1v) is 8.72. The van der Waals surface area contributed by atoms with Crippen LogP contribution in [0.15, 0.2) is 78.9 Å². The van der Waals surface area contributed by atoms with Gasteiger partial charge in [0.15, 0.2) is 5.82 Å². The zero-order valence-electron chi connectivity index (χ0n) is 12.8.